The zero-order chi connectivity index (χ0) is 19.9. The largest absolute Gasteiger partial charge is 0.497 e. The second-order valence-electron chi connectivity index (χ2n) is 6.59. The van der Waals surface area contributed by atoms with Crippen LogP contribution in [0.5, 0.6) is 5.75 Å². The van der Waals surface area contributed by atoms with Gasteiger partial charge in [0.2, 0.25) is 0 Å². The molecule has 0 aliphatic carbocycles. The molecule has 1 aromatic heterocycles. The molecule has 1 amide bonds. The first kappa shape index (κ1) is 19.4. The smallest absolute Gasteiger partial charge is 0.256 e. The Labute approximate surface area is 165 Å². The number of nitrogens with zero attached hydrogens (tertiary/aromatic N) is 2. The molecule has 3 aromatic rings. The topological polar surface area (TPSA) is 76.1 Å². The molecular formula is C22H24N4O2. The van der Waals surface area contributed by atoms with Gasteiger partial charge >= 0.3 is 0 Å². The first-order valence-corrected chi connectivity index (χ1v) is 9.14. The van der Waals surface area contributed by atoms with Crippen molar-refractivity contribution >= 4 is 17.5 Å². The summed E-state index contributed by atoms with van der Waals surface area (Å²) < 4.78 is 5.23. The third kappa shape index (κ3) is 5.07. The standard InChI is InChI=1S/C22H24N4O2/c1-15-7-8-18(13-16(15)2)22(27)24-21-10-9-20(25-26-21)23-12-11-17-5-4-6-19(14-17)28-3/h4-10,13-14H,11-12H2,1-3H3,(H,23,25)(H,24,26,27). The Kier molecular flexibility index (Phi) is 6.22. The van der Waals surface area contributed by atoms with Crippen molar-refractivity contribution in [3.63, 3.8) is 0 Å². The fourth-order valence-corrected chi connectivity index (χ4v) is 2.73. The SMILES string of the molecule is COc1cccc(CCNc2ccc(NC(=O)c3ccc(C)c(C)c3)nn2)c1. The highest BCUT2D eigenvalue weighted by Crippen LogP contribution is 2.14. The van der Waals surface area contributed by atoms with E-state index in [4.69, 9.17) is 4.74 Å². The zero-order valence-electron chi connectivity index (χ0n) is 16.3. The van der Waals surface area contributed by atoms with E-state index in [9.17, 15) is 4.79 Å². The van der Waals surface area contributed by atoms with Crippen LogP contribution in [0.2, 0.25) is 0 Å². The van der Waals surface area contributed by atoms with Gasteiger partial charge in [-0.3, -0.25) is 4.79 Å². The Morgan fingerprint density at radius 2 is 1.75 bits per heavy atom. The van der Waals surface area contributed by atoms with Crippen molar-refractivity contribution in [2.75, 3.05) is 24.3 Å². The molecule has 0 aliphatic rings. The van der Waals surface area contributed by atoms with Gasteiger partial charge in [0.15, 0.2) is 5.82 Å². The van der Waals surface area contributed by atoms with Crippen LogP contribution in [0.15, 0.2) is 54.6 Å². The van der Waals surface area contributed by atoms with E-state index in [1.165, 1.54) is 5.56 Å². The molecule has 2 aromatic carbocycles. The number of methoxy groups -OCH3 is 1. The van der Waals surface area contributed by atoms with Crippen molar-refractivity contribution in [3.05, 3.63) is 76.9 Å². The number of carbonyl (C=O) groups is 1. The fourth-order valence-electron chi connectivity index (χ4n) is 2.73. The van der Waals surface area contributed by atoms with Gasteiger partial charge in [0.25, 0.3) is 5.91 Å². The molecule has 0 spiro atoms. The molecule has 2 N–H and O–H groups in total. The number of benzene rings is 2. The molecule has 6 heteroatoms. The third-order valence-electron chi connectivity index (χ3n) is 4.53. The average Bonchev–Trinajstić information content (AvgIpc) is 2.71. The minimum absolute atomic E-state index is 0.198. The molecule has 0 aliphatic heterocycles. The van der Waals surface area contributed by atoms with Crippen molar-refractivity contribution in [2.24, 2.45) is 0 Å². The molecule has 144 valence electrons. The molecule has 3 rings (SSSR count). The molecule has 0 atom stereocenters. The summed E-state index contributed by atoms with van der Waals surface area (Å²) in [5.74, 6) is 1.73. The highest BCUT2D eigenvalue weighted by molar-refractivity contribution is 6.03. The van der Waals surface area contributed by atoms with Gasteiger partial charge in [-0.1, -0.05) is 18.2 Å². The monoisotopic (exact) mass is 376 g/mol. The van der Waals surface area contributed by atoms with Crippen LogP contribution >= 0.6 is 0 Å². The first-order valence-electron chi connectivity index (χ1n) is 9.14. The Morgan fingerprint density at radius 3 is 2.46 bits per heavy atom. The van der Waals surface area contributed by atoms with Crippen LogP contribution in [-0.2, 0) is 6.42 Å². The minimum atomic E-state index is -0.198. The highest BCUT2D eigenvalue weighted by Gasteiger charge is 2.08. The summed E-state index contributed by atoms with van der Waals surface area (Å²) in [4.78, 5) is 12.3. The Morgan fingerprint density at radius 1 is 0.964 bits per heavy atom. The number of rotatable bonds is 7. The number of ether oxygens (including phenoxy) is 1. The number of aromatic nitrogens is 2. The normalized spacial score (nSPS) is 10.4. The Hall–Kier alpha value is -3.41. The third-order valence-corrected chi connectivity index (χ3v) is 4.53. The van der Waals surface area contributed by atoms with Crippen molar-refractivity contribution in [2.45, 2.75) is 20.3 Å². The van der Waals surface area contributed by atoms with E-state index in [0.717, 1.165) is 29.8 Å². The molecular weight excluding hydrogens is 352 g/mol. The van der Waals surface area contributed by atoms with E-state index in [1.54, 1.807) is 25.3 Å². The van der Waals surface area contributed by atoms with Crippen LogP contribution in [0, 0.1) is 13.8 Å². The van der Waals surface area contributed by atoms with Gasteiger partial charge in [-0.2, -0.15) is 0 Å². The number of amides is 1. The lowest BCUT2D eigenvalue weighted by atomic mass is 10.1. The van der Waals surface area contributed by atoms with Gasteiger partial charge in [-0.15, -0.1) is 10.2 Å². The van der Waals surface area contributed by atoms with Crippen LogP contribution in [0.4, 0.5) is 11.6 Å². The van der Waals surface area contributed by atoms with Crippen LogP contribution in [0.25, 0.3) is 0 Å². The molecule has 28 heavy (non-hydrogen) atoms. The van der Waals surface area contributed by atoms with Crippen LogP contribution in [0.3, 0.4) is 0 Å². The van der Waals surface area contributed by atoms with Gasteiger partial charge < -0.3 is 15.4 Å². The predicted molar refractivity (Wildman–Crippen MR) is 111 cm³/mol. The summed E-state index contributed by atoms with van der Waals surface area (Å²) in [5, 5.41) is 14.2. The lowest BCUT2D eigenvalue weighted by molar-refractivity contribution is 0.102. The summed E-state index contributed by atoms with van der Waals surface area (Å²) in [6.07, 6.45) is 0.837. The van der Waals surface area contributed by atoms with Crippen molar-refractivity contribution in [1.29, 1.82) is 0 Å². The molecule has 0 unspecified atom stereocenters. The summed E-state index contributed by atoms with van der Waals surface area (Å²) >= 11 is 0. The van der Waals surface area contributed by atoms with E-state index in [1.807, 2.05) is 44.2 Å². The van der Waals surface area contributed by atoms with Crippen molar-refractivity contribution in [1.82, 2.24) is 10.2 Å². The molecule has 0 radical (unpaired) electrons. The van der Waals surface area contributed by atoms with Crippen molar-refractivity contribution in [3.8, 4) is 5.75 Å². The molecule has 0 saturated carbocycles. The maximum Gasteiger partial charge on any atom is 0.256 e. The van der Waals surface area contributed by atoms with Gasteiger partial charge in [-0.25, -0.2) is 0 Å². The highest BCUT2D eigenvalue weighted by atomic mass is 16.5. The van der Waals surface area contributed by atoms with E-state index < -0.39 is 0 Å². The molecule has 6 nitrogen and oxygen atoms in total. The van der Waals surface area contributed by atoms with E-state index >= 15 is 0 Å². The fraction of sp³-hybridized carbons (Fsp3) is 0.227. The quantitative estimate of drug-likeness (QED) is 0.652. The number of nitrogens with one attached hydrogen (secondary N) is 2. The number of aryl methyl sites for hydroxylation is 2. The van der Waals surface area contributed by atoms with Gasteiger partial charge in [0, 0.05) is 12.1 Å². The van der Waals surface area contributed by atoms with Gasteiger partial charge in [0.1, 0.15) is 11.6 Å². The van der Waals surface area contributed by atoms with Crippen LogP contribution in [0.1, 0.15) is 27.0 Å². The van der Waals surface area contributed by atoms with E-state index in [0.29, 0.717) is 17.2 Å². The molecule has 0 bridgehead atoms. The summed E-state index contributed by atoms with van der Waals surface area (Å²) in [6, 6.07) is 17.1. The lowest BCUT2D eigenvalue weighted by Crippen LogP contribution is -2.14. The molecule has 0 saturated heterocycles. The Bertz CT molecular complexity index is 955. The van der Waals surface area contributed by atoms with Crippen LogP contribution in [-0.4, -0.2) is 29.8 Å². The van der Waals surface area contributed by atoms with Crippen molar-refractivity contribution < 1.29 is 9.53 Å². The van der Waals surface area contributed by atoms with Crippen LogP contribution < -0.4 is 15.4 Å². The average molecular weight is 376 g/mol. The summed E-state index contributed by atoms with van der Waals surface area (Å²) in [6.45, 7) is 4.72. The summed E-state index contributed by atoms with van der Waals surface area (Å²) in [7, 11) is 1.66. The molecule has 0 fully saturated rings. The zero-order valence-corrected chi connectivity index (χ0v) is 16.3. The first-order chi connectivity index (χ1) is 13.5. The van der Waals surface area contributed by atoms with E-state index in [2.05, 4.69) is 26.9 Å². The van der Waals surface area contributed by atoms with Gasteiger partial charge in [0.05, 0.1) is 7.11 Å². The van der Waals surface area contributed by atoms with Gasteiger partial charge in [-0.05, 0) is 73.4 Å². The predicted octanol–water partition coefficient (Wildman–Crippen LogP) is 4.01. The lowest BCUT2D eigenvalue weighted by Gasteiger charge is -2.08. The Balaban J connectivity index is 1.52. The van der Waals surface area contributed by atoms with E-state index in [-0.39, 0.29) is 5.91 Å². The maximum absolute atomic E-state index is 12.3. The maximum atomic E-state index is 12.3. The number of carbonyl (C=O) groups excluding carboxylic acids is 1. The number of hydrogen-bond acceptors (Lipinski definition) is 5. The second-order valence-corrected chi connectivity index (χ2v) is 6.59. The number of hydrogen-bond donors (Lipinski definition) is 2. The minimum Gasteiger partial charge on any atom is -0.497 e. The molecule has 1 heterocycles. The summed E-state index contributed by atoms with van der Waals surface area (Å²) in [5.41, 5.74) is 4.01. The number of anilines is 2. The second kappa shape index (κ2) is 8.99.